The van der Waals surface area contributed by atoms with E-state index in [0.29, 0.717) is 31.0 Å². The molecule has 0 aliphatic carbocycles. The SMILES string of the molecule is CC1NNC(C)C1CC(=O)N1CCC(Oc2ccccc2)C1. The number of amides is 1. The number of nitrogens with one attached hydrogen (secondary N) is 2. The van der Waals surface area contributed by atoms with Gasteiger partial charge in [0, 0.05) is 37.4 Å². The maximum atomic E-state index is 12.5. The molecular weight excluding hydrogens is 278 g/mol. The van der Waals surface area contributed by atoms with Gasteiger partial charge in [-0.25, -0.2) is 0 Å². The van der Waals surface area contributed by atoms with Crippen molar-refractivity contribution in [3.8, 4) is 5.75 Å². The first-order valence-electron chi connectivity index (χ1n) is 8.14. The van der Waals surface area contributed by atoms with Gasteiger partial charge in [0.2, 0.25) is 5.91 Å². The number of ether oxygens (including phenoxy) is 1. The van der Waals surface area contributed by atoms with Gasteiger partial charge in [0.15, 0.2) is 0 Å². The lowest BCUT2D eigenvalue weighted by Crippen LogP contribution is -2.35. The molecule has 0 radical (unpaired) electrons. The zero-order chi connectivity index (χ0) is 15.5. The Labute approximate surface area is 132 Å². The van der Waals surface area contributed by atoms with Crippen LogP contribution in [0.5, 0.6) is 5.75 Å². The molecule has 0 aromatic heterocycles. The van der Waals surface area contributed by atoms with Crippen molar-refractivity contribution < 1.29 is 9.53 Å². The molecule has 0 spiro atoms. The summed E-state index contributed by atoms with van der Waals surface area (Å²) in [4.78, 5) is 14.5. The second kappa shape index (κ2) is 6.67. The van der Waals surface area contributed by atoms with E-state index in [0.717, 1.165) is 18.7 Å². The first-order chi connectivity index (χ1) is 10.6. The Bertz CT molecular complexity index is 498. The highest BCUT2D eigenvalue weighted by molar-refractivity contribution is 5.77. The first-order valence-corrected chi connectivity index (χ1v) is 8.14. The minimum Gasteiger partial charge on any atom is -0.489 e. The van der Waals surface area contributed by atoms with Gasteiger partial charge in [0.1, 0.15) is 11.9 Å². The van der Waals surface area contributed by atoms with Crippen molar-refractivity contribution in [3.05, 3.63) is 30.3 Å². The van der Waals surface area contributed by atoms with Crippen LogP contribution >= 0.6 is 0 Å². The van der Waals surface area contributed by atoms with E-state index in [4.69, 9.17) is 4.74 Å². The van der Waals surface area contributed by atoms with E-state index in [1.165, 1.54) is 0 Å². The molecule has 1 aromatic rings. The van der Waals surface area contributed by atoms with Gasteiger partial charge in [-0.15, -0.1) is 0 Å². The third-order valence-corrected chi connectivity index (χ3v) is 4.78. The number of rotatable bonds is 4. The molecule has 2 heterocycles. The Hall–Kier alpha value is -1.59. The zero-order valence-corrected chi connectivity index (χ0v) is 13.3. The summed E-state index contributed by atoms with van der Waals surface area (Å²) in [5, 5.41) is 0. The average Bonchev–Trinajstić information content (AvgIpc) is 3.10. The third-order valence-electron chi connectivity index (χ3n) is 4.78. The Morgan fingerprint density at radius 1 is 1.23 bits per heavy atom. The smallest absolute Gasteiger partial charge is 0.223 e. The lowest BCUT2D eigenvalue weighted by Gasteiger charge is -2.22. The van der Waals surface area contributed by atoms with Crippen LogP contribution in [-0.4, -0.2) is 42.1 Å². The van der Waals surface area contributed by atoms with Crippen LogP contribution in [-0.2, 0) is 4.79 Å². The van der Waals surface area contributed by atoms with Gasteiger partial charge in [0.25, 0.3) is 0 Å². The van der Waals surface area contributed by atoms with Crippen LogP contribution in [0.4, 0.5) is 0 Å². The fraction of sp³-hybridized carbons (Fsp3) is 0.588. The quantitative estimate of drug-likeness (QED) is 0.886. The monoisotopic (exact) mass is 303 g/mol. The summed E-state index contributed by atoms with van der Waals surface area (Å²) >= 11 is 0. The number of likely N-dealkylation sites (tertiary alicyclic amines) is 1. The molecule has 0 saturated carbocycles. The van der Waals surface area contributed by atoms with E-state index in [-0.39, 0.29) is 12.0 Å². The minimum atomic E-state index is 0.112. The highest BCUT2D eigenvalue weighted by Crippen LogP contribution is 2.23. The molecule has 2 aliphatic rings. The van der Waals surface area contributed by atoms with E-state index in [9.17, 15) is 4.79 Å². The molecule has 2 N–H and O–H groups in total. The van der Waals surface area contributed by atoms with Gasteiger partial charge in [-0.3, -0.25) is 15.6 Å². The topological polar surface area (TPSA) is 53.6 Å². The molecule has 1 amide bonds. The molecule has 2 saturated heterocycles. The van der Waals surface area contributed by atoms with Crippen LogP contribution in [0.25, 0.3) is 0 Å². The molecule has 2 fully saturated rings. The van der Waals surface area contributed by atoms with Gasteiger partial charge in [-0.2, -0.15) is 0 Å². The second-order valence-electron chi connectivity index (χ2n) is 6.42. The molecule has 120 valence electrons. The number of para-hydroxylation sites is 1. The minimum absolute atomic E-state index is 0.112. The molecule has 22 heavy (non-hydrogen) atoms. The number of hydrogen-bond donors (Lipinski definition) is 2. The summed E-state index contributed by atoms with van der Waals surface area (Å²) < 4.78 is 5.95. The Balaban J connectivity index is 1.50. The predicted molar refractivity (Wildman–Crippen MR) is 85.4 cm³/mol. The van der Waals surface area contributed by atoms with Crippen molar-refractivity contribution in [3.63, 3.8) is 0 Å². The number of carbonyl (C=O) groups is 1. The van der Waals surface area contributed by atoms with Crippen LogP contribution < -0.4 is 15.6 Å². The normalized spacial score (nSPS) is 31.5. The summed E-state index contributed by atoms with van der Waals surface area (Å²) in [6.45, 7) is 5.75. The highest BCUT2D eigenvalue weighted by atomic mass is 16.5. The summed E-state index contributed by atoms with van der Waals surface area (Å²) in [6.07, 6.45) is 1.62. The lowest BCUT2D eigenvalue weighted by molar-refractivity contribution is -0.131. The molecule has 3 rings (SSSR count). The van der Waals surface area contributed by atoms with E-state index < -0.39 is 0 Å². The molecular formula is C17H25N3O2. The maximum absolute atomic E-state index is 12.5. The van der Waals surface area contributed by atoms with Crippen LogP contribution in [0.3, 0.4) is 0 Å². The van der Waals surface area contributed by atoms with E-state index in [1.807, 2.05) is 35.2 Å². The Kier molecular flexibility index (Phi) is 4.64. The highest BCUT2D eigenvalue weighted by Gasteiger charge is 2.35. The Morgan fingerprint density at radius 2 is 1.91 bits per heavy atom. The molecule has 5 heteroatoms. The predicted octanol–water partition coefficient (Wildman–Crippen LogP) is 1.56. The van der Waals surface area contributed by atoms with Gasteiger partial charge >= 0.3 is 0 Å². The second-order valence-corrected chi connectivity index (χ2v) is 6.42. The molecule has 3 atom stereocenters. The summed E-state index contributed by atoms with van der Waals surface area (Å²) in [7, 11) is 0. The van der Waals surface area contributed by atoms with Crippen molar-refractivity contribution in [2.24, 2.45) is 5.92 Å². The fourth-order valence-corrected chi connectivity index (χ4v) is 3.34. The number of benzene rings is 1. The molecule has 5 nitrogen and oxygen atoms in total. The third kappa shape index (κ3) is 3.42. The molecule has 0 bridgehead atoms. The molecule has 1 aromatic carbocycles. The van der Waals surface area contributed by atoms with Gasteiger partial charge in [-0.05, 0) is 26.0 Å². The maximum Gasteiger partial charge on any atom is 0.223 e. The number of carbonyl (C=O) groups excluding carboxylic acids is 1. The summed E-state index contributed by atoms with van der Waals surface area (Å²) in [5.41, 5.74) is 6.42. The van der Waals surface area contributed by atoms with Crippen LogP contribution in [0.2, 0.25) is 0 Å². The number of nitrogens with zero attached hydrogens (tertiary/aromatic N) is 1. The van der Waals surface area contributed by atoms with E-state index in [2.05, 4.69) is 24.7 Å². The van der Waals surface area contributed by atoms with Crippen LogP contribution in [0.15, 0.2) is 30.3 Å². The van der Waals surface area contributed by atoms with Gasteiger partial charge < -0.3 is 9.64 Å². The van der Waals surface area contributed by atoms with Gasteiger partial charge in [0.05, 0.1) is 6.54 Å². The van der Waals surface area contributed by atoms with Crippen LogP contribution in [0.1, 0.15) is 26.7 Å². The average molecular weight is 303 g/mol. The van der Waals surface area contributed by atoms with Crippen molar-refractivity contribution >= 4 is 5.91 Å². The number of hydrogen-bond acceptors (Lipinski definition) is 4. The van der Waals surface area contributed by atoms with E-state index >= 15 is 0 Å². The van der Waals surface area contributed by atoms with Crippen molar-refractivity contribution in [2.45, 2.75) is 44.9 Å². The van der Waals surface area contributed by atoms with Crippen molar-refractivity contribution in [2.75, 3.05) is 13.1 Å². The first kappa shape index (κ1) is 15.3. The standard InChI is InChI=1S/C17H25N3O2/c1-12-16(13(2)19-18-12)10-17(21)20-9-8-15(11-20)22-14-6-4-3-5-7-14/h3-7,12-13,15-16,18-19H,8-11H2,1-2H3. The Morgan fingerprint density at radius 3 is 2.59 bits per heavy atom. The van der Waals surface area contributed by atoms with Crippen LogP contribution in [0, 0.1) is 5.92 Å². The lowest BCUT2D eigenvalue weighted by atomic mass is 9.92. The summed E-state index contributed by atoms with van der Waals surface area (Å²) in [5.74, 6) is 1.48. The molecule has 2 aliphatic heterocycles. The van der Waals surface area contributed by atoms with Crippen molar-refractivity contribution in [1.82, 2.24) is 15.8 Å². The zero-order valence-electron chi connectivity index (χ0n) is 13.3. The van der Waals surface area contributed by atoms with E-state index in [1.54, 1.807) is 0 Å². The largest absolute Gasteiger partial charge is 0.489 e. The van der Waals surface area contributed by atoms with Gasteiger partial charge in [-0.1, -0.05) is 18.2 Å². The fourth-order valence-electron chi connectivity index (χ4n) is 3.34. The molecule has 3 unspecified atom stereocenters. The summed E-state index contributed by atoms with van der Waals surface area (Å²) in [6, 6.07) is 10.5. The van der Waals surface area contributed by atoms with Crippen molar-refractivity contribution in [1.29, 1.82) is 0 Å². The number of hydrazine groups is 1.